The molecule has 2 fully saturated rings. The highest BCUT2D eigenvalue weighted by Gasteiger charge is 2.42. The Bertz CT molecular complexity index is 671. The van der Waals surface area contributed by atoms with Gasteiger partial charge in [0.15, 0.2) is 0 Å². The monoisotopic (exact) mass is 345 g/mol. The zero-order chi connectivity index (χ0) is 16.5. The molecule has 4 rings (SSSR count). The zero-order valence-corrected chi connectivity index (χ0v) is 14.7. The average molecular weight is 345 g/mol. The van der Waals surface area contributed by atoms with Gasteiger partial charge < -0.3 is 4.90 Å². The van der Waals surface area contributed by atoms with E-state index < -0.39 is 0 Å². The molecule has 7 heteroatoms. The molecule has 0 radical (unpaired) electrons. The van der Waals surface area contributed by atoms with Crippen molar-refractivity contribution in [1.82, 2.24) is 24.6 Å². The van der Waals surface area contributed by atoms with E-state index in [1.165, 1.54) is 0 Å². The molecule has 0 aliphatic carbocycles. The number of hydrogen-bond donors (Lipinski definition) is 0. The lowest BCUT2D eigenvalue weighted by atomic mass is 9.92. The van der Waals surface area contributed by atoms with Gasteiger partial charge in [0.2, 0.25) is 5.91 Å². The molecule has 4 heterocycles. The van der Waals surface area contributed by atoms with Gasteiger partial charge in [-0.3, -0.25) is 14.4 Å². The first-order valence-electron chi connectivity index (χ1n) is 8.54. The fraction of sp³-hybridized carbons (Fsp3) is 0.588. The van der Waals surface area contributed by atoms with Crippen LogP contribution in [0, 0.1) is 5.92 Å². The lowest BCUT2D eigenvalue weighted by Crippen LogP contribution is -2.48. The largest absolute Gasteiger partial charge is 0.342 e. The Morgan fingerprint density at radius 1 is 1.46 bits per heavy atom. The van der Waals surface area contributed by atoms with Crippen LogP contribution in [0.4, 0.5) is 0 Å². The van der Waals surface area contributed by atoms with Crippen LogP contribution < -0.4 is 0 Å². The number of carbonyl (C=O) groups is 1. The predicted molar refractivity (Wildman–Crippen MR) is 92.7 cm³/mol. The van der Waals surface area contributed by atoms with Crippen LogP contribution in [-0.4, -0.2) is 62.7 Å². The minimum Gasteiger partial charge on any atom is -0.342 e. The van der Waals surface area contributed by atoms with Gasteiger partial charge in [0.1, 0.15) is 12.7 Å². The van der Waals surface area contributed by atoms with Crippen LogP contribution >= 0.6 is 11.3 Å². The Morgan fingerprint density at radius 3 is 3.12 bits per heavy atom. The molecule has 0 saturated carbocycles. The maximum absolute atomic E-state index is 12.6. The summed E-state index contributed by atoms with van der Waals surface area (Å²) in [4.78, 5) is 21.2. The Balaban J connectivity index is 1.37. The third kappa shape index (κ3) is 3.10. The van der Waals surface area contributed by atoms with Crippen molar-refractivity contribution >= 4 is 17.2 Å². The number of amides is 1. The number of carbonyl (C=O) groups excluding carboxylic acids is 1. The lowest BCUT2D eigenvalue weighted by Gasteiger charge is -2.37. The molecular formula is C17H23N5OS. The van der Waals surface area contributed by atoms with Crippen molar-refractivity contribution in [3.05, 3.63) is 35.0 Å². The van der Waals surface area contributed by atoms with Crippen LogP contribution in [0.3, 0.4) is 0 Å². The summed E-state index contributed by atoms with van der Waals surface area (Å²) in [7, 11) is 2.22. The number of nitrogens with zero attached hydrogens (tertiary/aromatic N) is 5. The lowest BCUT2D eigenvalue weighted by molar-refractivity contribution is -0.132. The summed E-state index contributed by atoms with van der Waals surface area (Å²) < 4.78 is 1.91. The van der Waals surface area contributed by atoms with E-state index in [2.05, 4.69) is 32.3 Å². The van der Waals surface area contributed by atoms with Crippen molar-refractivity contribution in [3.8, 4) is 0 Å². The fourth-order valence-corrected chi connectivity index (χ4v) is 4.90. The highest BCUT2D eigenvalue weighted by molar-refractivity contribution is 7.07. The van der Waals surface area contributed by atoms with E-state index in [1.54, 1.807) is 24.0 Å². The smallest absolute Gasteiger partial charge is 0.227 e. The topological polar surface area (TPSA) is 54.3 Å². The van der Waals surface area contributed by atoms with Gasteiger partial charge in [-0.05, 0) is 48.2 Å². The van der Waals surface area contributed by atoms with Crippen molar-refractivity contribution in [1.29, 1.82) is 0 Å². The van der Waals surface area contributed by atoms with Crippen molar-refractivity contribution in [3.63, 3.8) is 0 Å². The minimum atomic E-state index is 0.272. The van der Waals surface area contributed by atoms with Gasteiger partial charge >= 0.3 is 0 Å². The molecule has 0 bridgehead atoms. The Morgan fingerprint density at radius 2 is 2.38 bits per heavy atom. The Kier molecular flexibility index (Phi) is 4.37. The summed E-state index contributed by atoms with van der Waals surface area (Å²) in [6, 6.07) is 3.12. The van der Waals surface area contributed by atoms with E-state index in [4.69, 9.17) is 0 Å². The van der Waals surface area contributed by atoms with Crippen LogP contribution in [0.15, 0.2) is 29.5 Å². The Hall–Kier alpha value is -1.73. The maximum Gasteiger partial charge on any atom is 0.227 e. The SMILES string of the molecule is CN1[C@@H](Cn2cncn2)C[C@H]2CN(C(=O)Cc3ccsc3)CC[C@H]21. The number of aromatic nitrogens is 3. The molecule has 2 aromatic rings. The molecule has 1 amide bonds. The van der Waals surface area contributed by atoms with Crippen molar-refractivity contribution in [2.24, 2.45) is 5.92 Å². The summed E-state index contributed by atoms with van der Waals surface area (Å²) in [6.07, 6.45) is 6.12. The van der Waals surface area contributed by atoms with Gasteiger partial charge in [-0.1, -0.05) is 0 Å². The number of likely N-dealkylation sites (N-methyl/N-ethyl adjacent to an activating group) is 1. The van der Waals surface area contributed by atoms with Crippen molar-refractivity contribution < 1.29 is 4.79 Å². The van der Waals surface area contributed by atoms with Crippen LogP contribution in [-0.2, 0) is 17.8 Å². The number of thiophene rings is 1. The van der Waals surface area contributed by atoms with Crippen molar-refractivity contribution in [2.45, 2.75) is 37.9 Å². The van der Waals surface area contributed by atoms with E-state index in [1.807, 2.05) is 16.1 Å². The van der Waals surface area contributed by atoms with Crippen LogP contribution in [0.25, 0.3) is 0 Å². The standard InChI is InChI=1S/C17H23N5OS/c1-20-15(9-22-12-18-11-19-22)7-14-8-21(4-2-16(14)20)17(23)6-13-3-5-24-10-13/h3,5,10-12,14-16H,2,4,6-9H2,1H3/t14-,15+,16+/m0/s1. The molecule has 0 unspecified atom stereocenters. The van der Waals surface area contributed by atoms with E-state index in [0.29, 0.717) is 24.4 Å². The van der Waals surface area contributed by atoms with Gasteiger partial charge in [0.05, 0.1) is 13.0 Å². The molecular weight excluding hydrogens is 322 g/mol. The molecule has 3 atom stereocenters. The average Bonchev–Trinajstić information content (AvgIpc) is 3.31. The van der Waals surface area contributed by atoms with Gasteiger partial charge in [-0.2, -0.15) is 16.4 Å². The molecule has 0 aromatic carbocycles. The third-order valence-corrected chi connectivity index (χ3v) is 6.25. The molecule has 24 heavy (non-hydrogen) atoms. The van der Waals surface area contributed by atoms with Gasteiger partial charge in [-0.25, -0.2) is 4.98 Å². The van der Waals surface area contributed by atoms with Gasteiger partial charge in [-0.15, -0.1) is 0 Å². The molecule has 2 aliphatic rings. The quantitative estimate of drug-likeness (QED) is 0.843. The van der Waals surface area contributed by atoms with E-state index in [0.717, 1.165) is 38.0 Å². The van der Waals surface area contributed by atoms with Crippen LogP contribution in [0.2, 0.25) is 0 Å². The van der Waals surface area contributed by atoms with E-state index in [9.17, 15) is 4.79 Å². The number of rotatable bonds is 4. The van der Waals surface area contributed by atoms with Crippen LogP contribution in [0.5, 0.6) is 0 Å². The summed E-state index contributed by atoms with van der Waals surface area (Å²) in [5, 5.41) is 8.34. The second-order valence-corrected chi connectivity index (χ2v) is 7.72. The summed E-state index contributed by atoms with van der Waals surface area (Å²) in [6.45, 7) is 2.66. The van der Waals surface area contributed by atoms with Crippen LogP contribution in [0.1, 0.15) is 18.4 Å². The zero-order valence-electron chi connectivity index (χ0n) is 13.9. The van der Waals surface area contributed by atoms with E-state index >= 15 is 0 Å². The molecule has 2 aliphatic heterocycles. The molecule has 128 valence electrons. The van der Waals surface area contributed by atoms with Gasteiger partial charge in [0.25, 0.3) is 0 Å². The second-order valence-electron chi connectivity index (χ2n) is 6.94. The minimum absolute atomic E-state index is 0.272. The fourth-order valence-electron chi connectivity index (χ4n) is 4.23. The Labute approximate surface area is 146 Å². The predicted octanol–water partition coefficient (Wildman–Crippen LogP) is 1.50. The normalized spacial score (nSPS) is 27.4. The second kappa shape index (κ2) is 6.64. The molecule has 2 aromatic heterocycles. The first-order valence-corrected chi connectivity index (χ1v) is 9.48. The molecule has 0 N–H and O–H groups in total. The summed E-state index contributed by atoms with van der Waals surface area (Å²) in [5.41, 5.74) is 1.14. The number of likely N-dealkylation sites (tertiary alicyclic amines) is 2. The highest BCUT2D eigenvalue weighted by Crippen LogP contribution is 2.35. The maximum atomic E-state index is 12.6. The molecule has 2 saturated heterocycles. The first kappa shape index (κ1) is 15.8. The number of fused-ring (bicyclic) bond motifs is 1. The third-order valence-electron chi connectivity index (χ3n) is 5.52. The number of piperidine rings is 1. The molecule has 0 spiro atoms. The van der Waals surface area contributed by atoms with Crippen molar-refractivity contribution in [2.75, 3.05) is 20.1 Å². The summed E-state index contributed by atoms with van der Waals surface area (Å²) in [5.74, 6) is 0.845. The van der Waals surface area contributed by atoms with E-state index in [-0.39, 0.29) is 5.91 Å². The van der Waals surface area contributed by atoms with Gasteiger partial charge in [0, 0.05) is 25.2 Å². The summed E-state index contributed by atoms with van der Waals surface area (Å²) >= 11 is 1.66. The first-order chi connectivity index (χ1) is 11.7. The highest BCUT2D eigenvalue weighted by atomic mass is 32.1. The molecule has 6 nitrogen and oxygen atoms in total. The number of hydrogen-bond acceptors (Lipinski definition) is 5.